The van der Waals surface area contributed by atoms with E-state index in [1.807, 2.05) is 0 Å². The number of hydrogen-bond acceptors (Lipinski definition) is 2. The standard InChI is InChI=1S/C17H28N2/c1-13(2)18-11-16-7-5-6-8-17(16)19(14(3)4)12-15-9-10-15/h5-8,13-15,18H,9-12H2,1-4H3. The van der Waals surface area contributed by atoms with Crippen LogP contribution in [0.2, 0.25) is 0 Å². The van der Waals surface area contributed by atoms with Gasteiger partial charge in [-0.3, -0.25) is 0 Å². The summed E-state index contributed by atoms with van der Waals surface area (Å²) in [5.74, 6) is 0.925. The molecule has 0 aliphatic heterocycles. The van der Waals surface area contributed by atoms with Gasteiger partial charge in [-0.15, -0.1) is 0 Å². The molecule has 1 aliphatic carbocycles. The quantitative estimate of drug-likeness (QED) is 0.802. The van der Waals surface area contributed by atoms with E-state index >= 15 is 0 Å². The molecule has 0 saturated heterocycles. The summed E-state index contributed by atoms with van der Waals surface area (Å²) in [5, 5.41) is 3.54. The number of benzene rings is 1. The van der Waals surface area contributed by atoms with Crippen LogP contribution in [0.25, 0.3) is 0 Å². The van der Waals surface area contributed by atoms with Crippen molar-refractivity contribution in [3.63, 3.8) is 0 Å². The molecule has 0 bridgehead atoms. The summed E-state index contributed by atoms with van der Waals surface area (Å²) in [6.45, 7) is 11.2. The van der Waals surface area contributed by atoms with E-state index in [4.69, 9.17) is 0 Å². The fourth-order valence-corrected chi connectivity index (χ4v) is 2.42. The highest BCUT2D eigenvalue weighted by Crippen LogP contribution is 2.33. The Hall–Kier alpha value is -1.02. The van der Waals surface area contributed by atoms with Crippen molar-refractivity contribution in [3.8, 4) is 0 Å². The van der Waals surface area contributed by atoms with Gasteiger partial charge in [-0.1, -0.05) is 32.0 Å². The lowest BCUT2D eigenvalue weighted by Gasteiger charge is -2.31. The Balaban J connectivity index is 2.14. The molecule has 0 heterocycles. The normalized spacial score (nSPS) is 15.3. The van der Waals surface area contributed by atoms with Crippen molar-refractivity contribution in [1.29, 1.82) is 0 Å². The molecule has 0 spiro atoms. The number of hydrogen-bond donors (Lipinski definition) is 1. The zero-order valence-electron chi connectivity index (χ0n) is 12.8. The minimum Gasteiger partial charge on any atom is -0.369 e. The lowest BCUT2D eigenvalue weighted by Crippen LogP contribution is -2.34. The summed E-state index contributed by atoms with van der Waals surface area (Å²) in [6.07, 6.45) is 2.82. The molecule has 0 atom stereocenters. The maximum absolute atomic E-state index is 3.54. The smallest absolute Gasteiger partial charge is 0.0414 e. The zero-order valence-corrected chi connectivity index (χ0v) is 12.8. The van der Waals surface area contributed by atoms with Crippen LogP contribution >= 0.6 is 0 Å². The second kappa shape index (κ2) is 6.42. The summed E-state index contributed by atoms with van der Waals surface area (Å²) >= 11 is 0. The summed E-state index contributed by atoms with van der Waals surface area (Å²) in [7, 11) is 0. The number of nitrogens with zero attached hydrogens (tertiary/aromatic N) is 1. The van der Waals surface area contributed by atoms with E-state index < -0.39 is 0 Å². The molecule has 0 aromatic heterocycles. The fraction of sp³-hybridized carbons (Fsp3) is 0.647. The van der Waals surface area contributed by atoms with Gasteiger partial charge in [-0.2, -0.15) is 0 Å². The number of rotatable bonds is 7. The highest BCUT2D eigenvalue weighted by atomic mass is 15.2. The van der Waals surface area contributed by atoms with Gasteiger partial charge in [-0.25, -0.2) is 0 Å². The van der Waals surface area contributed by atoms with E-state index in [-0.39, 0.29) is 0 Å². The average molecular weight is 260 g/mol. The van der Waals surface area contributed by atoms with Crippen molar-refractivity contribution in [2.75, 3.05) is 11.4 Å². The maximum Gasteiger partial charge on any atom is 0.0414 e. The fourth-order valence-electron chi connectivity index (χ4n) is 2.42. The van der Waals surface area contributed by atoms with E-state index in [2.05, 4.69) is 62.2 Å². The van der Waals surface area contributed by atoms with Gasteiger partial charge in [0.2, 0.25) is 0 Å². The molecule has 19 heavy (non-hydrogen) atoms. The van der Waals surface area contributed by atoms with Crippen LogP contribution in [0.1, 0.15) is 46.1 Å². The lowest BCUT2D eigenvalue weighted by molar-refractivity contribution is 0.583. The summed E-state index contributed by atoms with van der Waals surface area (Å²) in [6, 6.07) is 9.95. The first-order valence-corrected chi connectivity index (χ1v) is 7.66. The first kappa shape index (κ1) is 14.4. The van der Waals surface area contributed by atoms with Gasteiger partial charge in [0, 0.05) is 30.9 Å². The third-order valence-electron chi connectivity index (χ3n) is 3.78. The van der Waals surface area contributed by atoms with Gasteiger partial charge in [-0.05, 0) is 44.2 Å². The molecule has 2 rings (SSSR count). The van der Waals surface area contributed by atoms with Crippen molar-refractivity contribution in [2.24, 2.45) is 5.92 Å². The Morgan fingerprint density at radius 3 is 2.42 bits per heavy atom. The molecule has 1 saturated carbocycles. The third kappa shape index (κ3) is 4.24. The van der Waals surface area contributed by atoms with Crippen LogP contribution in [-0.4, -0.2) is 18.6 Å². The van der Waals surface area contributed by atoms with Crippen molar-refractivity contribution >= 4 is 5.69 Å². The van der Waals surface area contributed by atoms with Crippen LogP contribution < -0.4 is 10.2 Å². The molecule has 1 aromatic carbocycles. The van der Waals surface area contributed by atoms with E-state index in [1.165, 1.54) is 30.6 Å². The first-order chi connectivity index (χ1) is 9.08. The SMILES string of the molecule is CC(C)NCc1ccccc1N(CC1CC1)C(C)C. The van der Waals surface area contributed by atoms with Gasteiger partial charge in [0.15, 0.2) is 0 Å². The molecular weight excluding hydrogens is 232 g/mol. The monoisotopic (exact) mass is 260 g/mol. The molecule has 1 N–H and O–H groups in total. The second-order valence-electron chi connectivity index (χ2n) is 6.35. The molecule has 1 aromatic rings. The second-order valence-corrected chi connectivity index (χ2v) is 6.35. The summed E-state index contributed by atoms with van der Waals surface area (Å²) in [4.78, 5) is 2.58. The summed E-state index contributed by atoms with van der Waals surface area (Å²) < 4.78 is 0. The van der Waals surface area contributed by atoms with Crippen LogP contribution in [0.3, 0.4) is 0 Å². The molecule has 1 fully saturated rings. The van der Waals surface area contributed by atoms with Gasteiger partial charge in [0.25, 0.3) is 0 Å². The van der Waals surface area contributed by atoms with Crippen LogP contribution in [0, 0.1) is 5.92 Å². The zero-order chi connectivity index (χ0) is 13.8. The number of anilines is 1. The molecule has 1 aliphatic rings. The highest BCUT2D eigenvalue weighted by molar-refractivity contribution is 5.54. The Morgan fingerprint density at radius 1 is 1.16 bits per heavy atom. The third-order valence-corrected chi connectivity index (χ3v) is 3.78. The van der Waals surface area contributed by atoms with Gasteiger partial charge in [0.05, 0.1) is 0 Å². The van der Waals surface area contributed by atoms with E-state index in [0.717, 1.165) is 12.5 Å². The molecule has 0 amide bonds. The Labute approximate surface area is 118 Å². The predicted molar refractivity (Wildman–Crippen MR) is 83.6 cm³/mol. The van der Waals surface area contributed by atoms with Crippen molar-refractivity contribution in [3.05, 3.63) is 29.8 Å². The first-order valence-electron chi connectivity index (χ1n) is 7.66. The van der Waals surface area contributed by atoms with Crippen LogP contribution in [0.15, 0.2) is 24.3 Å². The van der Waals surface area contributed by atoms with Crippen molar-refractivity contribution in [2.45, 2.75) is 59.2 Å². The largest absolute Gasteiger partial charge is 0.369 e. The minimum absolute atomic E-state index is 0.531. The molecule has 2 heteroatoms. The average Bonchev–Trinajstić information content (AvgIpc) is 3.17. The van der Waals surface area contributed by atoms with Gasteiger partial charge in [0.1, 0.15) is 0 Å². The predicted octanol–water partition coefficient (Wildman–Crippen LogP) is 3.81. The maximum atomic E-state index is 3.54. The number of nitrogens with one attached hydrogen (secondary N) is 1. The Bertz CT molecular complexity index is 394. The Kier molecular flexibility index (Phi) is 4.87. The summed E-state index contributed by atoms with van der Waals surface area (Å²) in [5.41, 5.74) is 2.84. The topological polar surface area (TPSA) is 15.3 Å². The molecule has 106 valence electrons. The van der Waals surface area contributed by atoms with E-state index in [1.54, 1.807) is 0 Å². The van der Waals surface area contributed by atoms with Gasteiger partial charge < -0.3 is 10.2 Å². The Morgan fingerprint density at radius 2 is 1.84 bits per heavy atom. The minimum atomic E-state index is 0.531. The molecule has 2 nitrogen and oxygen atoms in total. The molecule has 0 radical (unpaired) electrons. The van der Waals surface area contributed by atoms with Gasteiger partial charge >= 0.3 is 0 Å². The van der Waals surface area contributed by atoms with E-state index in [0.29, 0.717) is 12.1 Å². The van der Waals surface area contributed by atoms with Crippen LogP contribution in [-0.2, 0) is 6.54 Å². The van der Waals surface area contributed by atoms with Crippen LogP contribution in [0.4, 0.5) is 5.69 Å². The molecular formula is C17H28N2. The van der Waals surface area contributed by atoms with E-state index in [9.17, 15) is 0 Å². The highest BCUT2D eigenvalue weighted by Gasteiger charge is 2.26. The lowest BCUT2D eigenvalue weighted by atomic mass is 10.1. The van der Waals surface area contributed by atoms with Crippen molar-refractivity contribution in [1.82, 2.24) is 5.32 Å². The van der Waals surface area contributed by atoms with Crippen LogP contribution in [0.5, 0.6) is 0 Å². The molecule has 0 unspecified atom stereocenters. The van der Waals surface area contributed by atoms with Crippen molar-refractivity contribution < 1.29 is 0 Å². The number of para-hydroxylation sites is 1.